The van der Waals surface area contributed by atoms with Gasteiger partial charge in [0.15, 0.2) is 11.6 Å². The SMILES string of the molecule is CCOc1ccc(NC(=O)/C(C#N)=C/c2c(Oc3ccccc3F)nc3ccccn3c2=O)cc1. The van der Waals surface area contributed by atoms with Crippen molar-refractivity contribution in [2.24, 2.45) is 0 Å². The van der Waals surface area contributed by atoms with Crippen LogP contribution >= 0.6 is 0 Å². The van der Waals surface area contributed by atoms with E-state index in [1.807, 2.05) is 6.92 Å². The predicted molar refractivity (Wildman–Crippen MR) is 128 cm³/mol. The van der Waals surface area contributed by atoms with Gasteiger partial charge in [-0.3, -0.25) is 14.0 Å². The first-order valence-electron chi connectivity index (χ1n) is 10.6. The van der Waals surface area contributed by atoms with Crippen LogP contribution in [0.25, 0.3) is 11.7 Å². The number of hydrogen-bond donors (Lipinski definition) is 1. The summed E-state index contributed by atoms with van der Waals surface area (Å²) in [4.78, 5) is 30.3. The number of ether oxygens (including phenoxy) is 2. The summed E-state index contributed by atoms with van der Waals surface area (Å²) in [5.41, 5.74) is -0.472. The van der Waals surface area contributed by atoms with Crippen LogP contribution in [0.15, 0.2) is 83.3 Å². The van der Waals surface area contributed by atoms with Crippen LogP contribution < -0.4 is 20.3 Å². The first kappa shape index (κ1) is 23.2. The van der Waals surface area contributed by atoms with E-state index in [1.54, 1.807) is 54.6 Å². The molecule has 1 N–H and O–H groups in total. The lowest BCUT2D eigenvalue weighted by Gasteiger charge is -2.11. The molecule has 0 fully saturated rings. The molecule has 0 saturated heterocycles. The van der Waals surface area contributed by atoms with Crippen LogP contribution in [0.4, 0.5) is 10.1 Å². The standard InChI is InChI=1S/C26H19FN4O4/c1-2-34-19-12-10-18(11-13-19)29-24(32)17(16-28)15-20-25(35-22-8-4-3-7-21(22)27)30-23-9-5-6-14-31(23)26(20)33/h3-15H,2H2,1H3,(H,29,32)/b17-15+. The molecule has 0 unspecified atom stereocenters. The Hall–Kier alpha value is -4.97. The van der Waals surface area contributed by atoms with Gasteiger partial charge in [0.1, 0.15) is 28.6 Å². The summed E-state index contributed by atoms with van der Waals surface area (Å²) < 4.78 is 26.4. The average molecular weight is 470 g/mol. The van der Waals surface area contributed by atoms with E-state index in [9.17, 15) is 19.2 Å². The number of pyridine rings is 1. The summed E-state index contributed by atoms with van der Waals surface area (Å²) in [6.45, 7) is 2.35. The van der Waals surface area contributed by atoms with E-state index in [4.69, 9.17) is 9.47 Å². The topological polar surface area (TPSA) is 106 Å². The number of hydrogen-bond acceptors (Lipinski definition) is 6. The van der Waals surface area contributed by atoms with Crippen molar-refractivity contribution in [2.75, 3.05) is 11.9 Å². The van der Waals surface area contributed by atoms with Crippen LogP contribution in [0.1, 0.15) is 12.5 Å². The van der Waals surface area contributed by atoms with Crippen LogP contribution in [0.2, 0.25) is 0 Å². The first-order chi connectivity index (χ1) is 17.0. The van der Waals surface area contributed by atoms with Crippen molar-refractivity contribution in [1.29, 1.82) is 5.26 Å². The smallest absolute Gasteiger partial charge is 0.269 e. The molecule has 0 atom stereocenters. The maximum atomic E-state index is 14.2. The zero-order chi connectivity index (χ0) is 24.8. The third-order valence-electron chi connectivity index (χ3n) is 4.85. The Kier molecular flexibility index (Phi) is 6.83. The Morgan fingerprint density at radius 3 is 2.60 bits per heavy atom. The van der Waals surface area contributed by atoms with E-state index < -0.39 is 17.3 Å². The number of carbonyl (C=O) groups excluding carboxylic acids is 1. The molecule has 174 valence electrons. The Bertz CT molecular complexity index is 1520. The molecule has 9 heteroatoms. The third-order valence-corrected chi connectivity index (χ3v) is 4.85. The van der Waals surface area contributed by atoms with Gasteiger partial charge in [0.25, 0.3) is 11.5 Å². The molecule has 1 amide bonds. The lowest BCUT2D eigenvalue weighted by Crippen LogP contribution is -2.20. The van der Waals surface area contributed by atoms with Crippen LogP contribution in [0, 0.1) is 17.1 Å². The normalized spacial score (nSPS) is 11.1. The summed E-state index contributed by atoms with van der Waals surface area (Å²) in [6.07, 6.45) is 2.57. The van der Waals surface area contributed by atoms with Gasteiger partial charge in [0, 0.05) is 11.9 Å². The fraction of sp³-hybridized carbons (Fsp3) is 0.0769. The van der Waals surface area contributed by atoms with E-state index in [0.717, 1.165) is 6.08 Å². The fourth-order valence-corrected chi connectivity index (χ4v) is 3.21. The number of rotatable bonds is 7. The summed E-state index contributed by atoms with van der Waals surface area (Å²) in [5.74, 6) is -1.18. The number of anilines is 1. The maximum Gasteiger partial charge on any atom is 0.269 e. The van der Waals surface area contributed by atoms with E-state index in [-0.39, 0.29) is 28.4 Å². The minimum Gasteiger partial charge on any atom is -0.494 e. The maximum absolute atomic E-state index is 14.2. The Morgan fingerprint density at radius 1 is 1.14 bits per heavy atom. The summed E-state index contributed by atoms with van der Waals surface area (Å²) in [7, 11) is 0. The van der Waals surface area contributed by atoms with Gasteiger partial charge in [0.2, 0.25) is 5.88 Å². The quantitative estimate of drug-likeness (QED) is 0.313. The van der Waals surface area contributed by atoms with Crippen LogP contribution in [0.5, 0.6) is 17.4 Å². The molecule has 4 aromatic rings. The van der Waals surface area contributed by atoms with Gasteiger partial charge in [-0.2, -0.15) is 10.2 Å². The van der Waals surface area contributed by atoms with Crippen molar-refractivity contribution in [3.05, 3.63) is 100 Å². The van der Waals surface area contributed by atoms with Crippen LogP contribution in [-0.4, -0.2) is 21.9 Å². The summed E-state index contributed by atoms with van der Waals surface area (Å²) in [5, 5.41) is 12.3. The monoisotopic (exact) mass is 470 g/mol. The van der Waals surface area contributed by atoms with Crippen molar-refractivity contribution in [2.45, 2.75) is 6.92 Å². The second-order valence-corrected chi connectivity index (χ2v) is 7.18. The second-order valence-electron chi connectivity index (χ2n) is 7.18. The number of fused-ring (bicyclic) bond motifs is 1. The highest BCUT2D eigenvalue weighted by atomic mass is 19.1. The van der Waals surface area contributed by atoms with Crippen molar-refractivity contribution in [3.8, 4) is 23.4 Å². The molecule has 4 rings (SSSR count). The molecule has 0 aliphatic carbocycles. The molecule has 0 bridgehead atoms. The minimum absolute atomic E-state index is 0.160. The van der Waals surface area contributed by atoms with Gasteiger partial charge in [-0.15, -0.1) is 0 Å². The fourth-order valence-electron chi connectivity index (χ4n) is 3.21. The zero-order valence-electron chi connectivity index (χ0n) is 18.6. The molecule has 2 aromatic carbocycles. The number of halogens is 1. The molecule has 0 saturated carbocycles. The number of amides is 1. The highest BCUT2D eigenvalue weighted by Gasteiger charge is 2.18. The van der Waals surface area contributed by atoms with Crippen molar-refractivity contribution < 1.29 is 18.7 Å². The first-order valence-corrected chi connectivity index (χ1v) is 10.6. The van der Waals surface area contributed by atoms with Gasteiger partial charge in [0.05, 0.1) is 6.61 Å². The minimum atomic E-state index is -0.744. The molecule has 0 aliphatic rings. The highest BCUT2D eigenvalue weighted by molar-refractivity contribution is 6.09. The van der Waals surface area contributed by atoms with Gasteiger partial charge in [-0.25, -0.2) is 4.39 Å². The van der Waals surface area contributed by atoms with E-state index in [2.05, 4.69) is 10.3 Å². The highest BCUT2D eigenvalue weighted by Crippen LogP contribution is 2.26. The number of nitriles is 1. The Labute approximate surface area is 199 Å². The molecule has 2 aromatic heterocycles. The number of benzene rings is 2. The second kappa shape index (κ2) is 10.3. The van der Waals surface area contributed by atoms with Gasteiger partial charge >= 0.3 is 0 Å². The molecule has 0 radical (unpaired) electrons. The van der Waals surface area contributed by atoms with Gasteiger partial charge in [-0.05, 0) is 61.5 Å². The molecule has 0 aliphatic heterocycles. The van der Waals surface area contributed by atoms with Crippen LogP contribution in [0.3, 0.4) is 0 Å². The zero-order valence-corrected chi connectivity index (χ0v) is 18.6. The summed E-state index contributed by atoms with van der Waals surface area (Å²) >= 11 is 0. The number of nitrogens with zero attached hydrogens (tertiary/aromatic N) is 3. The van der Waals surface area contributed by atoms with Crippen LogP contribution in [-0.2, 0) is 4.79 Å². The molecule has 2 heterocycles. The lowest BCUT2D eigenvalue weighted by molar-refractivity contribution is -0.112. The molecule has 0 spiro atoms. The van der Waals surface area contributed by atoms with Gasteiger partial charge < -0.3 is 14.8 Å². The summed E-state index contributed by atoms with van der Waals surface area (Å²) in [6, 6.07) is 18.9. The predicted octanol–water partition coefficient (Wildman–Crippen LogP) is 4.57. The lowest BCUT2D eigenvalue weighted by atomic mass is 10.1. The molecule has 8 nitrogen and oxygen atoms in total. The van der Waals surface area contributed by atoms with E-state index in [0.29, 0.717) is 18.0 Å². The third kappa shape index (κ3) is 5.17. The largest absolute Gasteiger partial charge is 0.494 e. The molecular formula is C26H19FN4O4. The molecule has 35 heavy (non-hydrogen) atoms. The van der Waals surface area contributed by atoms with Crippen molar-refractivity contribution in [3.63, 3.8) is 0 Å². The van der Waals surface area contributed by atoms with E-state index >= 15 is 0 Å². The average Bonchev–Trinajstić information content (AvgIpc) is 2.86. The Balaban J connectivity index is 1.74. The number of aromatic nitrogens is 2. The van der Waals surface area contributed by atoms with Crippen molar-refractivity contribution in [1.82, 2.24) is 9.38 Å². The molecular weight excluding hydrogens is 451 g/mol. The number of para-hydroxylation sites is 1. The van der Waals surface area contributed by atoms with Crippen molar-refractivity contribution >= 4 is 23.3 Å². The van der Waals surface area contributed by atoms with Gasteiger partial charge in [-0.1, -0.05) is 18.2 Å². The number of carbonyl (C=O) groups is 1. The van der Waals surface area contributed by atoms with E-state index in [1.165, 1.54) is 28.8 Å². The number of nitrogens with one attached hydrogen (secondary N) is 1. The Morgan fingerprint density at radius 2 is 1.89 bits per heavy atom.